The lowest BCUT2D eigenvalue weighted by atomic mass is 9.94. The minimum atomic E-state index is -4.23. The molecule has 1 atom stereocenters. The number of amides is 2. The predicted molar refractivity (Wildman–Crippen MR) is 195 cm³/mol. The van der Waals surface area contributed by atoms with E-state index in [2.05, 4.69) is 5.32 Å². The second kappa shape index (κ2) is 16.6. The monoisotopic (exact) mass is 721 g/mol. The fourth-order valence-corrected chi connectivity index (χ4v) is 7.78. The van der Waals surface area contributed by atoms with Crippen molar-refractivity contribution in [1.29, 1.82) is 0 Å². The van der Waals surface area contributed by atoms with Crippen LogP contribution in [0, 0.1) is 6.92 Å². The van der Waals surface area contributed by atoms with Gasteiger partial charge in [-0.1, -0.05) is 96.6 Å². The number of hydrogen-bond donors (Lipinski definition) is 1. The zero-order valence-corrected chi connectivity index (χ0v) is 30.0. The number of aryl methyl sites for hydroxylation is 1. The number of carbonyl (C=O) groups is 2. The van der Waals surface area contributed by atoms with Gasteiger partial charge in [-0.05, 0) is 79.4 Å². The highest BCUT2D eigenvalue weighted by atomic mass is 35.5. The van der Waals surface area contributed by atoms with E-state index in [0.717, 1.165) is 47.5 Å². The number of ether oxygens (including phenoxy) is 1. The molecule has 4 aromatic rings. The van der Waals surface area contributed by atoms with Gasteiger partial charge in [-0.15, -0.1) is 0 Å². The maximum atomic E-state index is 14.7. The molecule has 0 heterocycles. The van der Waals surface area contributed by atoms with Crippen molar-refractivity contribution < 1.29 is 22.7 Å². The average molecular weight is 723 g/mol. The van der Waals surface area contributed by atoms with Crippen LogP contribution in [0.2, 0.25) is 10.0 Å². The number of halogens is 2. The van der Waals surface area contributed by atoms with Crippen molar-refractivity contribution in [3.05, 3.63) is 124 Å². The zero-order chi connectivity index (χ0) is 35.0. The van der Waals surface area contributed by atoms with Crippen LogP contribution in [-0.2, 0) is 32.6 Å². The van der Waals surface area contributed by atoms with Crippen LogP contribution in [0.25, 0.3) is 0 Å². The Morgan fingerprint density at radius 1 is 0.857 bits per heavy atom. The molecule has 0 saturated heterocycles. The molecule has 0 radical (unpaired) electrons. The summed E-state index contributed by atoms with van der Waals surface area (Å²) in [5.41, 5.74) is 2.67. The number of rotatable bonds is 13. The summed E-state index contributed by atoms with van der Waals surface area (Å²) in [6.45, 7) is 1.30. The Morgan fingerprint density at radius 3 is 2.16 bits per heavy atom. The Balaban J connectivity index is 1.57. The van der Waals surface area contributed by atoms with Gasteiger partial charge < -0.3 is 15.0 Å². The van der Waals surface area contributed by atoms with Gasteiger partial charge in [0, 0.05) is 19.0 Å². The van der Waals surface area contributed by atoms with Crippen molar-refractivity contribution in [1.82, 2.24) is 10.2 Å². The Bertz CT molecular complexity index is 1830. The molecule has 2 amide bonds. The highest BCUT2D eigenvalue weighted by molar-refractivity contribution is 7.92. The summed E-state index contributed by atoms with van der Waals surface area (Å²) in [5, 5.41) is 3.87. The summed E-state index contributed by atoms with van der Waals surface area (Å²) in [6.07, 6.45) is 5.12. The molecular formula is C38H41Cl2N3O5S. The summed E-state index contributed by atoms with van der Waals surface area (Å²) in [7, 11) is -2.71. The smallest absolute Gasteiger partial charge is 0.264 e. The van der Waals surface area contributed by atoms with E-state index >= 15 is 0 Å². The Morgan fingerprint density at radius 2 is 1.53 bits per heavy atom. The lowest BCUT2D eigenvalue weighted by Gasteiger charge is -2.35. The molecular weight excluding hydrogens is 681 g/mol. The number of nitrogens with one attached hydrogen (secondary N) is 1. The summed E-state index contributed by atoms with van der Waals surface area (Å²) >= 11 is 12.6. The second-order valence-electron chi connectivity index (χ2n) is 12.3. The molecule has 0 spiro atoms. The Labute approximate surface area is 299 Å². The highest BCUT2D eigenvalue weighted by Gasteiger charge is 2.35. The van der Waals surface area contributed by atoms with Gasteiger partial charge >= 0.3 is 0 Å². The molecule has 0 unspecified atom stereocenters. The molecule has 0 bridgehead atoms. The first kappa shape index (κ1) is 36.2. The minimum absolute atomic E-state index is 0.000774. The lowest BCUT2D eigenvalue weighted by Crippen LogP contribution is -2.55. The quantitative estimate of drug-likeness (QED) is 0.154. The molecule has 0 aromatic heterocycles. The summed E-state index contributed by atoms with van der Waals surface area (Å²) < 4.78 is 34.9. The third-order valence-electron chi connectivity index (χ3n) is 8.81. The maximum absolute atomic E-state index is 14.7. The predicted octanol–water partition coefficient (Wildman–Crippen LogP) is 7.59. The van der Waals surface area contributed by atoms with E-state index in [4.69, 9.17) is 27.9 Å². The third kappa shape index (κ3) is 9.35. The number of nitrogens with zero attached hydrogens (tertiary/aromatic N) is 2. The van der Waals surface area contributed by atoms with E-state index < -0.39 is 28.5 Å². The van der Waals surface area contributed by atoms with E-state index in [1.807, 2.05) is 37.3 Å². The number of anilines is 1. The van der Waals surface area contributed by atoms with E-state index in [1.54, 1.807) is 54.6 Å². The van der Waals surface area contributed by atoms with Gasteiger partial charge in [0.2, 0.25) is 11.8 Å². The van der Waals surface area contributed by atoms with Crippen molar-refractivity contribution in [2.24, 2.45) is 0 Å². The molecule has 4 aromatic carbocycles. The first-order valence-corrected chi connectivity index (χ1v) is 18.6. The molecule has 1 aliphatic carbocycles. The van der Waals surface area contributed by atoms with Crippen LogP contribution in [0.3, 0.4) is 0 Å². The third-order valence-corrected chi connectivity index (χ3v) is 11.3. The van der Waals surface area contributed by atoms with Crippen LogP contribution in [0.15, 0.2) is 102 Å². The Hall–Kier alpha value is -4.05. The van der Waals surface area contributed by atoms with Crippen molar-refractivity contribution in [2.45, 2.75) is 69.0 Å². The molecule has 8 nitrogen and oxygen atoms in total. The SMILES string of the molecule is COc1ccc(N(CC(=O)N(Cc2ccc(Cl)c(Cl)c2)[C@@H](Cc2ccccc2)C(=O)NC2CCCCC2)S(=O)(=O)c2ccc(C)cc2)cc1. The van der Waals surface area contributed by atoms with Crippen LogP contribution in [0.5, 0.6) is 5.75 Å². The van der Waals surface area contributed by atoms with Crippen molar-refractivity contribution >= 4 is 50.7 Å². The standard InChI is InChI=1S/C38H41Cl2N3O5S/c1-27-13-20-33(21-14-27)49(46,47)43(31-16-18-32(48-2)19-17-31)26-37(44)42(25-29-15-22-34(39)35(40)23-29)36(24-28-9-5-3-6-10-28)38(45)41-30-11-7-4-8-12-30/h3,5-6,9-10,13-23,30,36H,4,7-8,11-12,24-26H2,1-2H3,(H,41,45)/t36-/m0/s1. The molecule has 1 fully saturated rings. The van der Waals surface area contributed by atoms with Crippen molar-refractivity contribution in [3.63, 3.8) is 0 Å². The van der Waals surface area contributed by atoms with E-state index in [1.165, 1.54) is 24.1 Å². The van der Waals surface area contributed by atoms with Crippen LogP contribution in [0.1, 0.15) is 48.8 Å². The van der Waals surface area contributed by atoms with Gasteiger partial charge in [-0.25, -0.2) is 8.42 Å². The molecule has 1 saturated carbocycles. The van der Waals surface area contributed by atoms with Gasteiger partial charge in [0.1, 0.15) is 18.3 Å². The van der Waals surface area contributed by atoms with Gasteiger partial charge in [-0.3, -0.25) is 13.9 Å². The van der Waals surface area contributed by atoms with Crippen LogP contribution < -0.4 is 14.4 Å². The molecule has 11 heteroatoms. The molecule has 49 heavy (non-hydrogen) atoms. The maximum Gasteiger partial charge on any atom is 0.264 e. The van der Waals surface area contributed by atoms with Gasteiger partial charge in [-0.2, -0.15) is 0 Å². The number of carbonyl (C=O) groups excluding carboxylic acids is 2. The fourth-order valence-electron chi connectivity index (χ4n) is 6.05. The molecule has 1 aliphatic rings. The first-order chi connectivity index (χ1) is 23.5. The van der Waals surface area contributed by atoms with Gasteiger partial charge in [0.05, 0.1) is 27.7 Å². The zero-order valence-electron chi connectivity index (χ0n) is 27.6. The van der Waals surface area contributed by atoms with E-state index in [9.17, 15) is 18.0 Å². The van der Waals surface area contributed by atoms with Crippen LogP contribution >= 0.6 is 23.2 Å². The lowest BCUT2D eigenvalue weighted by molar-refractivity contribution is -0.140. The normalized spacial score (nSPS) is 14.1. The average Bonchev–Trinajstić information content (AvgIpc) is 3.11. The van der Waals surface area contributed by atoms with Crippen molar-refractivity contribution in [2.75, 3.05) is 18.0 Å². The van der Waals surface area contributed by atoms with Crippen molar-refractivity contribution in [3.8, 4) is 5.75 Å². The molecule has 1 N–H and O–H groups in total. The summed E-state index contributed by atoms with van der Waals surface area (Å²) in [6, 6.07) is 26.5. The molecule has 258 valence electrons. The van der Waals surface area contributed by atoms with Gasteiger partial charge in [0.25, 0.3) is 10.0 Å². The second-order valence-corrected chi connectivity index (χ2v) is 15.0. The highest BCUT2D eigenvalue weighted by Crippen LogP contribution is 2.29. The number of hydrogen-bond acceptors (Lipinski definition) is 5. The largest absolute Gasteiger partial charge is 0.497 e. The van der Waals surface area contributed by atoms with Gasteiger partial charge in [0.15, 0.2) is 0 Å². The first-order valence-electron chi connectivity index (χ1n) is 16.4. The van der Waals surface area contributed by atoms with E-state index in [-0.39, 0.29) is 35.5 Å². The summed E-state index contributed by atoms with van der Waals surface area (Å²) in [4.78, 5) is 30.5. The van der Waals surface area contributed by atoms with E-state index in [0.29, 0.717) is 21.4 Å². The topological polar surface area (TPSA) is 96.0 Å². The molecule has 5 rings (SSSR count). The van der Waals surface area contributed by atoms with Crippen LogP contribution in [-0.4, -0.2) is 50.9 Å². The molecule has 0 aliphatic heterocycles. The minimum Gasteiger partial charge on any atom is -0.497 e. The van der Waals surface area contributed by atoms with Crippen LogP contribution in [0.4, 0.5) is 5.69 Å². The number of benzene rings is 4. The number of sulfonamides is 1. The fraction of sp³-hybridized carbons (Fsp3) is 0.316. The summed E-state index contributed by atoms with van der Waals surface area (Å²) in [5.74, 6) is -0.315. The number of methoxy groups -OCH3 is 1. The Kier molecular flexibility index (Phi) is 12.3.